The Bertz CT molecular complexity index is 497. The molecule has 0 saturated carbocycles. The molecule has 18 heavy (non-hydrogen) atoms. The van der Waals surface area contributed by atoms with Gasteiger partial charge in [-0.1, -0.05) is 0 Å². The van der Waals surface area contributed by atoms with Crippen LogP contribution in [0.5, 0.6) is 0 Å². The average Bonchev–Trinajstić information content (AvgIpc) is 2.76. The number of nitrogens with two attached hydrogens (primary N) is 1. The van der Waals surface area contributed by atoms with Crippen molar-refractivity contribution in [1.29, 1.82) is 0 Å². The summed E-state index contributed by atoms with van der Waals surface area (Å²) < 4.78 is 0. The van der Waals surface area contributed by atoms with Gasteiger partial charge in [-0.2, -0.15) is 0 Å². The molecule has 0 atom stereocenters. The van der Waals surface area contributed by atoms with Crippen LogP contribution in [0.15, 0.2) is 23.8 Å². The number of nitrogens with zero attached hydrogens (tertiary/aromatic N) is 2. The highest BCUT2D eigenvalue weighted by atomic mass is 32.1. The van der Waals surface area contributed by atoms with Crippen LogP contribution in [0.2, 0.25) is 0 Å². The van der Waals surface area contributed by atoms with E-state index in [1.165, 1.54) is 5.56 Å². The minimum absolute atomic E-state index is 0.678. The van der Waals surface area contributed by atoms with Crippen molar-refractivity contribution >= 4 is 28.0 Å². The third-order valence-electron chi connectivity index (χ3n) is 2.46. The molecule has 0 unspecified atom stereocenters. The number of anilines is 3. The molecule has 2 rings (SSSR count). The summed E-state index contributed by atoms with van der Waals surface area (Å²) in [6, 6.07) is 3.98. The molecule has 6 heteroatoms. The zero-order valence-electron chi connectivity index (χ0n) is 10.3. The van der Waals surface area contributed by atoms with Gasteiger partial charge in [-0.25, -0.2) is 9.97 Å². The highest BCUT2D eigenvalue weighted by Gasteiger charge is 2.02. The van der Waals surface area contributed by atoms with Crippen LogP contribution in [0.3, 0.4) is 0 Å². The van der Waals surface area contributed by atoms with Crippen LogP contribution < -0.4 is 16.4 Å². The first-order chi connectivity index (χ1) is 8.79. The normalized spacial score (nSPS) is 10.3. The molecule has 5 nitrogen and oxygen atoms in total. The third-order valence-corrected chi connectivity index (χ3v) is 3.39. The van der Waals surface area contributed by atoms with Crippen molar-refractivity contribution in [2.24, 2.45) is 5.73 Å². The summed E-state index contributed by atoms with van der Waals surface area (Å²) in [5, 5.41) is 9.67. The molecule has 0 aliphatic rings. The van der Waals surface area contributed by atoms with E-state index in [1.54, 1.807) is 17.7 Å². The van der Waals surface area contributed by atoms with Crippen molar-refractivity contribution in [3.05, 3.63) is 29.4 Å². The summed E-state index contributed by atoms with van der Waals surface area (Å²) in [6.07, 6.45) is 2.48. The fourth-order valence-electron chi connectivity index (χ4n) is 1.46. The van der Waals surface area contributed by atoms with Crippen LogP contribution in [0.4, 0.5) is 16.6 Å². The fraction of sp³-hybridized carbons (Fsp3) is 0.333. The van der Waals surface area contributed by atoms with E-state index in [2.05, 4.69) is 39.0 Å². The Morgan fingerprint density at radius 1 is 1.33 bits per heavy atom. The topological polar surface area (TPSA) is 75.9 Å². The molecular formula is C12H17N5S. The molecular weight excluding hydrogens is 246 g/mol. The van der Waals surface area contributed by atoms with E-state index in [-0.39, 0.29) is 0 Å². The van der Waals surface area contributed by atoms with E-state index < -0.39 is 0 Å². The van der Waals surface area contributed by atoms with Crippen molar-refractivity contribution < 1.29 is 0 Å². The lowest BCUT2D eigenvalue weighted by molar-refractivity contribution is 0.869. The van der Waals surface area contributed by atoms with E-state index in [1.807, 2.05) is 6.07 Å². The molecule has 0 aliphatic heterocycles. The highest BCUT2D eigenvalue weighted by Crippen LogP contribution is 2.25. The lowest BCUT2D eigenvalue weighted by Gasteiger charge is -2.07. The van der Waals surface area contributed by atoms with E-state index in [0.29, 0.717) is 6.54 Å². The van der Waals surface area contributed by atoms with E-state index >= 15 is 0 Å². The molecule has 0 bridgehead atoms. The third kappa shape index (κ3) is 3.41. The van der Waals surface area contributed by atoms with E-state index in [9.17, 15) is 0 Å². The molecule has 0 spiro atoms. The van der Waals surface area contributed by atoms with Gasteiger partial charge in [0.25, 0.3) is 0 Å². The number of rotatable bonds is 6. The maximum absolute atomic E-state index is 5.45. The number of aryl methyl sites for hydroxylation is 1. The Hall–Kier alpha value is -1.66. The minimum Gasteiger partial charge on any atom is -0.370 e. The van der Waals surface area contributed by atoms with Crippen molar-refractivity contribution in [2.75, 3.05) is 23.7 Å². The Kier molecular flexibility index (Phi) is 4.49. The molecule has 0 amide bonds. The van der Waals surface area contributed by atoms with Gasteiger partial charge >= 0.3 is 0 Å². The molecule has 0 saturated heterocycles. The molecule has 2 aromatic rings. The van der Waals surface area contributed by atoms with Crippen molar-refractivity contribution in [2.45, 2.75) is 13.3 Å². The SMILES string of the molecule is Cc1ccsc1Nc1cc(NCCCN)ncn1. The van der Waals surface area contributed by atoms with Gasteiger partial charge in [0, 0.05) is 12.6 Å². The first kappa shape index (κ1) is 12.8. The van der Waals surface area contributed by atoms with E-state index in [4.69, 9.17) is 5.73 Å². The minimum atomic E-state index is 0.678. The average molecular weight is 263 g/mol. The van der Waals surface area contributed by atoms with Gasteiger partial charge < -0.3 is 16.4 Å². The van der Waals surface area contributed by atoms with Crippen molar-refractivity contribution in [3.8, 4) is 0 Å². The molecule has 0 aromatic carbocycles. The first-order valence-electron chi connectivity index (χ1n) is 5.86. The number of aromatic nitrogens is 2. The number of nitrogens with one attached hydrogen (secondary N) is 2. The summed E-state index contributed by atoms with van der Waals surface area (Å²) in [7, 11) is 0. The highest BCUT2D eigenvalue weighted by molar-refractivity contribution is 7.14. The van der Waals surface area contributed by atoms with Gasteiger partial charge in [-0.3, -0.25) is 0 Å². The second-order valence-electron chi connectivity index (χ2n) is 3.92. The molecule has 2 aromatic heterocycles. The predicted octanol–water partition coefficient (Wildman–Crippen LogP) is 2.35. The van der Waals surface area contributed by atoms with Crippen molar-refractivity contribution in [1.82, 2.24) is 9.97 Å². The summed E-state index contributed by atoms with van der Waals surface area (Å²) >= 11 is 1.66. The molecule has 0 fully saturated rings. The maximum atomic E-state index is 5.45. The van der Waals surface area contributed by atoms with Crippen LogP contribution in [-0.4, -0.2) is 23.1 Å². The van der Waals surface area contributed by atoms with Gasteiger partial charge in [0.1, 0.15) is 18.0 Å². The summed E-state index contributed by atoms with van der Waals surface area (Å²) in [5.74, 6) is 1.61. The summed E-state index contributed by atoms with van der Waals surface area (Å²) in [6.45, 7) is 3.57. The second kappa shape index (κ2) is 6.32. The van der Waals surface area contributed by atoms with Crippen LogP contribution in [0.25, 0.3) is 0 Å². The Morgan fingerprint density at radius 3 is 2.89 bits per heavy atom. The smallest absolute Gasteiger partial charge is 0.136 e. The predicted molar refractivity (Wildman–Crippen MR) is 76.5 cm³/mol. The summed E-state index contributed by atoms with van der Waals surface area (Å²) in [4.78, 5) is 8.37. The zero-order chi connectivity index (χ0) is 12.8. The lowest BCUT2D eigenvalue weighted by atomic mass is 10.3. The summed E-state index contributed by atoms with van der Waals surface area (Å²) in [5.41, 5.74) is 6.66. The van der Waals surface area contributed by atoms with Gasteiger partial charge in [0.05, 0.1) is 5.00 Å². The van der Waals surface area contributed by atoms with Gasteiger partial charge in [0.2, 0.25) is 0 Å². The fourth-order valence-corrected chi connectivity index (χ4v) is 2.28. The zero-order valence-corrected chi connectivity index (χ0v) is 11.1. The maximum Gasteiger partial charge on any atom is 0.136 e. The van der Waals surface area contributed by atoms with Crippen LogP contribution in [0, 0.1) is 6.92 Å². The largest absolute Gasteiger partial charge is 0.370 e. The molecule has 0 radical (unpaired) electrons. The quantitative estimate of drug-likeness (QED) is 0.697. The van der Waals surface area contributed by atoms with Gasteiger partial charge in [-0.15, -0.1) is 11.3 Å². The molecule has 2 heterocycles. The van der Waals surface area contributed by atoms with E-state index in [0.717, 1.165) is 29.6 Å². The van der Waals surface area contributed by atoms with Crippen LogP contribution in [-0.2, 0) is 0 Å². The van der Waals surface area contributed by atoms with Gasteiger partial charge in [0.15, 0.2) is 0 Å². The number of hydrogen-bond donors (Lipinski definition) is 3. The Labute approximate surface area is 110 Å². The molecule has 0 aliphatic carbocycles. The molecule has 96 valence electrons. The number of hydrogen-bond acceptors (Lipinski definition) is 6. The van der Waals surface area contributed by atoms with Gasteiger partial charge in [-0.05, 0) is 36.9 Å². The second-order valence-corrected chi connectivity index (χ2v) is 4.83. The first-order valence-corrected chi connectivity index (χ1v) is 6.74. The lowest BCUT2D eigenvalue weighted by Crippen LogP contribution is -2.09. The number of thiophene rings is 1. The Morgan fingerprint density at radius 2 is 2.17 bits per heavy atom. The molecule has 4 N–H and O–H groups in total. The monoisotopic (exact) mass is 263 g/mol. The van der Waals surface area contributed by atoms with Crippen molar-refractivity contribution in [3.63, 3.8) is 0 Å². The standard InChI is InChI=1S/C12H17N5S/c1-9-3-6-18-12(9)17-11-7-10(15-8-16-11)14-5-2-4-13/h3,6-8H,2,4-5,13H2,1H3,(H2,14,15,16,17). The van der Waals surface area contributed by atoms with Crippen LogP contribution in [0.1, 0.15) is 12.0 Å². The van der Waals surface area contributed by atoms with Crippen LogP contribution >= 0.6 is 11.3 Å². The Balaban J connectivity index is 2.01.